The lowest BCUT2D eigenvalue weighted by atomic mass is 10.1. The number of hydrogen-bond acceptors (Lipinski definition) is 2. The number of hydrogen-bond donors (Lipinski definition) is 1. The minimum Gasteiger partial charge on any atom is -0.341 e. The topological polar surface area (TPSA) is 32.3 Å². The summed E-state index contributed by atoms with van der Waals surface area (Å²) < 4.78 is 0. The maximum absolute atomic E-state index is 11.2. The molecule has 0 aromatic rings. The van der Waals surface area contributed by atoms with Crippen molar-refractivity contribution in [2.24, 2.45) is 0 Å². The lowest BCUT2D eigenvalue weighted by Gasteiger charge is -2.26. The molecule has 1 atom stereocenters. The van der Waals surface area contributed by atoms with Gasteiger partial charge in [0, 0.05) is 31.6 Å². The van der Waals surface area contributed by atoms with Crippen molar-refractivity contribution in [3.05, 3.63) is 0 Å². The van der Waals surface area contributed by atoms with Gasteiger partial charge in [-0.15, -0.1) is 0 Å². The second-order valence-electron chi connectivity index (χ2n) is 4.83. The van der Waals surface area contributed by atoms with E-state index < -0.39 is 0 Å². The van der Waals surface area contributed by atoms with E-state index in [0.29, 0.717) is 12.5 Å². The van der Waals surface area contributed by atoms with Crippen LogP contribution < -0.4 is 5.32 Å². The van der Waals surface area contributed by atoms with Crippen molar-refractivity contribution in [1.29, 1.82) is 0 Å². The Morgan fingerprint density at radius 3 is 2.54 bits per heavy atom. The molecular formula is C10H20N2O. The maximum atomic E-state index is 11.2. The standard InChI is InChI=1S/C10H20N2O/c1-10(2,3)11-7-8-5-6-9(13)12(8)4/h8,11H,5-7H2,1-4H3/t8-/m0/s1. The summed E-state index contributed by atoms with van der Waals surface area (Å²) in [5, 5.41) is 3.42. The van der Waals surface area contributed by atoms with Crippen LogP contribution in [-0.4, -0.2) is 36.0 Å². The highest BCUT2D eigenvalue weighted by Crippen LogP contribution is 2.16. The van der Waals surface area contributed by atoms with E-state index in [2.05, 4.69) is 26.1 Å². The highest BCUT2D eigenvalue weighted by Gasteiger charge is 2.27. The van der Waals surface area contributed by atoms with E-state index >= 15 is 0 Å². The molecule has 1 rings (SSSR count). The molecule has 0 aliphatic carbocycles. The molecule has 1 aliphatic heterocycles. The summed E-state index contributed by atoms with van der Waals surface area (Å²) in [4.78, 5) is 13.1. The molecule has 1 fully saturated rings. The zero-order valence-corrected chi connectivity index (χ0v) is 9.05. The Kier molecular flexibility index (Phi) is 2.96. The molecule has 0 radical (unpaired) electrons. The second-order valence-corrected chi connectivity index (χ2v) is 4.83. The Morgan fingerprint density at radius 2 is 2.15 bits per heavy atom. The summed E-state index contributed by atoms with van der Waals surface area (Å²) in [5.74, 6) is 0.278. The predicted molar refractivity (Wildman–Crippen MR) is 53.5 cm³/mol. The van der Waals surface area contributed by atoms with E-state index in [9.17, 15) is 4.79 Å². The van der Waals surface area contributed by atoms with Crippen LogP contribution in [0.5, 0.6) is 0 Å². The monoisotopic (exact) mass is 184 g/mol. The van der Waals surface area contributed by atoms with Crippen LogP contribution in [0, 0.1) is 0 Å². The van der Waals surface area contributed by atoms with Crippen LogP contribution in [0.3, 0.4) is 0 Å². The molecule has 1 amide bonds. The summed E-state index contributed by atoms with van der Waals surface area (Å²) in [5.41, 5.74) is 0.145. The molecular weight excluding hydrogens is 164 g/mol. The van der Waals surface area contributed by atoms with Gasteiger partial charge in [0.25, 0.3) is 0 Å². The molecule has 0 aromatic heterocycles. The molecule has 1 N–H and O–H groups in total. The summed E-state index contributed by atoms with van der Waals surface area (Å²) in [6.07, 6.45) is 1.71. The third-order valence-corrected chi connectivity index (χ3v) is 2.50. The Labute approximate surface area is 80.5 Å². The maximum Gasteiger partial charge on any atom is 0.222 e. The molecule has 1 aliphatic rings. The molecule has 0 spiro atoms. The first-order chi connectivity index (χ1) is 5.90. The lowest BCUT2D eigenvalue weighted by Crippen LogP contribution is -2.44. The van der Waals surface area contributed by atoms with Gasteiger partial charge in [-0.05, 0) is 27.2 Å². The van der Waals surface area contributed by atoms with E-state index in [-0.39, 0.29) is 11.4 Å². The number of likely N-dealkylation sites (N-methyl/N-ethyl adjacent to an activating group) is 1. The minimum absolute atomic E-state index is 0.145. The molecule has 0 aromatic carbocycles. The van der Waals surface area contributed by atoms with Crippen molar-refractivity contribution in [2.45, 2.75) is 45.2 Å². The molecule has 0 bridgehead atoms. The van der Waals surface area contributed by atoms with Gasteiger partial charge in [0.1, 0.15) is 0 Å². The number of nitrogens with one attached hydrogen (secondary N) is 1. The third kappa shape index (κ3) is 2.99. The Hall–Kier alpha value is -0.570. The van der Waals surface area contributed by atoms with Gasteiger partial charge < -0.3 is 10.2 Å². The average molecular weight is 184 g/mol. The van der Waals surface area contributed by atoms with E-state index in [1.54, 1.807) is 0 Å². The first-order valence-corrected chi connectivity index (χ1v) is 4.91. The molecule has 1 saturated heterocycles. The predicted octanol–water partition coefficient (Wildman–Crippen LogP) is 0.995. The molecule has 3 heteroatoms. The summed E-state index contributed by atoms with van der Waals surface area (Å²) in [6, 6.07) is 0.395. The molecule has 3 nitrogen and oxygen atoms in total. The van der Waals surface area contributed by atoms with Crippen molar-refractivity contribution in [3.8, 4) is 0 Å². The fourth-order valence-electron chi connectivity index (χ4n) is 1.53. The zero-order valence-electron chi connectivity index (χ0n) is 9.05. The highest BCUT2D eigenvalue weighted by atomic mass is 16.2. The van der Waals surface area contributed by atoms with Crippen LogP contribution in [-0.2, 0) is 4.79 Å². The van der Waals surface area contributed by atoms with Crippen LogP contribution in [0.15, 0.2) is 0 Å². The van der Waals surface area contributed by atoms with Crippen molar-refractivity contribution in [3.63, 3.8) is 0 Å². The van der Waals surface area contributed by atoms with Gasteiger partial charge in [0.2, 0.25) is 5.91 Å². The van der Waals surface area contributed by atoms with Gasteiger partial charge in [-0.1, -0.05) is 0 Å². The smallest absolute Gasteiger partial charge is 0.222 e. The van der Waals surface area contributed by atoms with E-state index in [4.69, 9.17) is 0 Å². The van der Waals surface area contributed by atoms with Crippen molar-refractivity contribution in [2.75, 3.05) is 13.6 Å². The number of carbonyl (C=O) groups excluding carboxylic acids is 1. The van der Waals surface area contributed by atoms with Crippen LogP contribution in [0.4, 0.5) is 0 Å². The Bertz CT molecular complexity index is 196. The number of amides is 1. The lowest BCUT2D eigenvalue weighted by molar-refractivity contribution is -0.127. The van der Waals surface area contributed by atoms with Crippen molar-refractivity contribution < 1.29 is 4.79 Å². The van der Waals surface area contributed by atoms with E-state index in [0.717, 1.165) is 13.0 Å². The fourth-order valence-corrected chi connectivity index (χ4v) is 1.53. The van der Waals surface area contributed by atoms with Crippen LogP contribution in [0.25, 0.3) is 0 Å². The Balaban J connectivity index is 2.35. The van der Waals surface area contributed by atoms with Gasteiger partial charge >= 0.3 is 0 Å². The van der Waals surface area contributed by atoms with Gasteiger partial charge in [0.15, 0.2) is 0 Å². The summed E-state index contributed by atoms with van der Waals surface area (Å²) in [6.45, 7) is 7.34. The molecule has 76 valence electrons. The van der Waals surface area contributed by atoms with E-state index in [1.807, 2.05) is 11.9 Å². The molecule has 13 heavy (non-hydrogen) atoms. The van der Waals surface area contributed by atoms with E-state index in [1.165, 1.54) is 0 Å². The first kappa shape index (κ1) is 10.5. The normalized spacial score (nSPS) is 24.2. The van der Waals surface area contributed by atoms with Crippen molar-refractivity contribution in [1.82, 2.24) is 10.2 Å². The van der Waals surface area contributed by atoms with Gasteiger partial charge in [-0.2, -0.15) is 0 Å². The second kappa shape index (κ2) is 3.66. The summed E-state index contributed by atoms with van der Waals surface area (Å²) >= 11 is 0. The van der Waals surface area contributed by atoms with Gasteiger partial charge in [-0.3, -0.25) is 4.79 Å². The molecule has 1 heterocycles. The number of likely N-dealkylation sites (tertiary alicyclic amines) is 1. The average Bonchev–Trinajstić information content (AvgIpc) is 2.29. The highest BCUT2D eigenvalue weighted by molar-refractivity contribution is 5.78. The SMILES string of the molecule is CN1C(=O)CC[C@H]1CNC(C)(C)C. The van der Waals surface area contributed by atoms with Crippen LogP contribution >= 0.6 is 0 Å². The van der Waals surface area contributed by atoms with Crippen molar-refractivity contribution >= 4 is 5.91 Å². The zero-order chi connectivity index (χ0) is 10.1. The number of rotatable bonds is 2. The molecule has 0 saturated carbocycles. The van der Waals surface area contributed by atoms with Gasteiger partial charge in [0.05, 0.1) is 0 Å². The first-order valence-electron chi connectivity index (χ1n) is 4.91. The number of nitrogens with zero attached hydrogens (tertiary/aromatic N) is 1. The summed E-state index contributed by atoms with van der Waals surface area (Å²) in [7, 11) is 1.89. The van der Waals surface area contributed by atoms with Crippen LogP contribution in [0.1, 0.15) is 33.6 Å². The minimum atomic E-state index is 0.145. The van der Waals surface area contributed by atoms with Gasteiger partial charge in [-0.25, -0.2) is 0 Å². The third-order valence-electron chi connectivity index (χ3n) is 2.50. The largest absolute Gasteiger partial charge is 0.341 e. The van der Waals surface area contributed by atoms with Crippen LogP contribution in [0.2, 0.25) is 0 Å². The Morgan fingerprint density at radius 1 is 1.54 bits per heavy atom. The molecule has 0 unspecified atom stereocenters. The fraction of sp³-hybridized carbons (Fsp3) is 0.900. The quantitative estimate of drug-likeness (QED) is 0.694. The number of carbonyl (C=O) groups is 1.